The second kappa shape index (κ2) is 37.9. The van der Waals surface area contributed by atoms with Crippen LogP contribution in [0.2, 0.25) is 0 Å². The molecule has 55 heavy (non-hydrogen) atoms. The fraction of sp³-hybridized carbons (Fsp3) is 0.717. The van der Waals surface area contributed by atoms with Crippen molar-refractivity contribution in [3.05, 3.63) is 60.8 Å². The van der Waals surface area contributed by atoms with Crippen LogP contribution < -0.4 is 5.11 Å². The summed E-state index contributed by atoms with van der Waals surface area (Å²) in [6.07, 6.45) is 41.1. The summed E-state index contributed by atoms with van der Waals surface area (Å²) in [5.74, 6) is -2.37. The predicted octanol–water partition coefficient (Wildman–Crippen LogP) is 9.66. The molecule has 0 aromatic heterocycles. The van der Waals surface area contributed by atoms with Crippen molar-refractivity contribution in [3.63, 3.8) is 0 Å². The summed E-state index contributed by atoms with van der Waals surface area (Å²) >= 11 is 0. The summed E-state index contributed by atoms with van der Waals surface area (Å²) in [5, 5.41) is 11.7. The van der Waals surface area contributed by atoms with Crippen LogP contribution in [-0.2, 0) is 33.3 Å². The lowest BCUT2D eigenvalue weighted by Gasteiger charge is -2.26. The zero-order chi connectivity index (χ0) is 40.7. The van der Waals surface area contributed by atoms with E-state index in [0.717, 1.165) is 57.8 Å². The summed E-state index contributed by atoms with van der Waals surface area (Å²) in [6, 6.07) is 0. The molecule has 0 bridgehead atoms. The fourth-order valence-corrected chi connectivity index (χ4v) is 5.45. The Labute approximate surface area is 335 Å². The number of quaternary nitrogens is 1. The molecule has 0 aliphatic carbocycles. The van der Waals surface area contributed by atoms with E-state index in [1.54, 1.807) is 0 Å². The molecule has 0 rings (SSSR count). The van der Waals surface area contributed by atoms with E-state index in [1.165, 1.54) is 57.8 Å². The molecule has 0 fully saturated rings. The number of ether oxygens (including phenoxy) is 4. The Balaban J connectivity index is 4.57. The van der Waals surface area contributed by atoms with Gasteiger partial charge in [-0.15, -0.1) is 0 Å². The molecule has 0 aliphatic rings. The highest BCUT2D eigenvalue weighted by atomic mass is 16.7. The van der Waals surface area contributed by atoms with E-state index in [2.05, 4.69) is 74.6 Å². The van der Waals surface area contributed by atoms with E-state index < -0.39 is 30.3 Å². The Bertz CT molecular complexity index is 1090. The molecule has 0 aliphatic heterocycles. The van der Waals surface area contributed by atoms with Crippen molar-refractivity contribution in [2.45, 2.75) is 167 Å². The first-order chi connectivity index (χ1) is 26.6. The minimum absolute atomic E-state index is 0.137. The van der Waals surface area contributed by atoms with Crippen LogP contribution in [0.3, 0.4) is 0 Å². The molecule has 9 heteroatoms. The molecule has 0 radical (unpaired) electrons. The molecular formula is C46H79NO8. The van der Waals surface area contributed by atoms with Gasteiger partial charge >= 0.3 is 11.9 Å². The quantitative estimate of drug-likeness (QED) is 0.0201. The Kier molecular flexibility index (Phi) is 35.8. The van der Waals surface area contributed by atoms with E-state index in [-0.39, 0.29) is 32.7 Å². The molecule has 0 heterocycles. The van der Waals surface area contributed by atoms with Gasteiger partial charge in [0.05, 0.1) is 40.3 Å². The lowest BCUT2D eigenvalue weighted by atomic mass is 10.0. The maximum atomic E-state index is 12.7. The lowest BCUT2D eigenvalue weighted by molar-refractivity contribution is -0.870. The Morgan fingerprint density at radius 2 is 1.04 bits per heavy atom. The minimum atomic E-state index is -1.63. The number of hydrogen-bond donors (Lipinski definition) is 0. The Morgan fingerprint density at radius 3 is 1.53 bits per heavy atom. The number of carbonyl (C=O) groups is 3. The number of esters is 2. The SMILES string of the molecule is CC/C=C\C/C=C\C/C=C\C/C=C\C/C=C\CCCC(=O)OC[C@H](COC(OCC[N+](C)(C)C)C(=O)[O-])OC(=O)CCCCCCCCCCCCCCC. The average Bonchev–Trinajstić information content (AvgIpc) is 3.14. The molecule has 0 amide bonds. The maximum Gasteiger partial charge on any atom is 0.306 e. The number of carbonyl (C=O) groups excluding carboxylic acids is 3. The van der Waals surface area contributed by atoms with Gasteiger partial charge in [-0.1, -0.05) is 152 Å². The van der Waals surface area contributed by atoms with Crippen LogP contribution in [0.25, 0.3) is 0 Å². The van der Waals surface area contributed by atoms with Crippen molar-refractivity contribution in [1.29, 1.82) is 0 Å². The normalized spacial score (nSPS) is 13.5. The van der Waals surface area contributed by atoms with Gasteiger partial charge in [-0.05, 0) is 51.4 Å². The zero-order valence-electron chi connectivity index (χ0n) is 35.5. The van der Waals surface area contributed by atoms with Gasteiger partial charge in [-0.25, -0.2) is 0 Å². The predicted molar refractivity (Wildman–Crippen MR) is 223 cm³/mol. The van der Waals surface area contributed by atoms with Gasteiger partial charge in [-0.3, -0.25) is 9.59 Å². The average molecular weight is 774 g/mol. The topological polar surface area (TPSA) is 111 Å². The van der Waals surface area contributed by atoms with Gasteiger partial charge < -0.3 is 33.3 Å². The molecular weight excluding hydrogens is 695 g/mol. The number of allylic oxidation sites excluding steroid dienone is 10. The smallest absolute Gasteiger partial charge is 0.306 e. The number of hydrogen-bond acceptors (Lipinski definition) is 8. The van der Waals surface area contributed by atoms with Crippen LogP contribution in [0.5, 0.6) is 0 Å². The highest BCUT2D eigenvalue weighted by Crippen LogP contribution is 2.14. The van der Waals surface area contributed by atoms with Gasteiger partial charge in [0.2, 0.25) is 0 Å². The van der Waals surface area contributed by atoms with Crippen LogP contribution in [0, 0.1) is 0 Å². The molecule has 0 aromatic rings. The number of carboxylic acid groups (broad SMARTS) is 1. The van der Waals surface area contributed by atoms with Crippen molar-refractivity contribution in [2.24, 2.45) is 0 Å². The summed E-state index contributed by atoms with van der Waals surface area (Å²) in [4.78, 5) is 36.9. The third kappa shape index (κ3) is 39.0. The second-order valence-electron chi connectivity index (χ2n) is 15.3. The van der Waals surface area contributed by atoms with E-state index in [0.29, 0.717) is 23.9 Å². The highest BCUT2D eigenvalue weighted by Gasteiger charge is 2.21. The standard InChI is InChI=1S/C46H79NO8/c1-6-8-10-12-14-16-18-20-21-22-23-25-26-28-30-32-34-36-43(48)53-40-42(41-54-46(45(50)51)52-39-38-47(3,4)5)55-44(49)37-35-33-31-29-27-24-19-17-15-13-11-9-7-2/h8,10,14,16,20-21,23,25,28,30,42,46H,6-7,9,11-13,15,17-19,22,24,26-27,29,31-41H2,1-5H3/b10-8-,16-14-,21-20-,25-23-,30-28-/t42-,46?/m1/s1. The summed E-state index contributed by atoms with van der Waals surface area (Å²) < 4.78 is 22.4. The third-order valence-corrected chi connectivity index (χ3v) is 8.78. The first kappa shape index (κ1) is 52.0. The largest absolute Gasteiger partial charge is 0.545 e. The van der Waals surface area contributed by atoms with E-state index in [4.69, 9.17) is 18.9 Å². The Hall–Kier alpha value is -3.01. The molecule has 316 valence electrons. The van der Waals surface area contributed by atoms with Gasteiger partial charge in [-0.2, -0.15) is 0 Å². The number of carboxylic acids is 1. The van der Waals surface area contributed by atoms with Crippen molar-refractivity contribution in [1.82, 2.24) is 0 Å². The van der Waals surface area contributed by atoms with Crippen molar-refractivity contribution in [3.8, 4) is 0 Å². The van der Waals surface area contributed by atoms with Crippen molar-refractivity contribution in [2.75, 3.05) is 47.5 Å². The molecule has 0 aromatic carbocycles. The van der Waals surface area contributed by atoms with E-state index >= 15 is 0 Å². The van der Waals surface area contributed by atoms with Gasteiger partial charge in [0, 0.05) is 12.8 Å². The van der Waals surface area contributed by atoms with Crippen LogP contribution in [-0.4, -0.2) is 82.3 Å². The molecule has 0 saturated heterocycles. The molecule has 9 nitrogen and oxygen atoms in total. The van der Waals surface area contributed by atoms with Gasteiger partial charge in [0.1, 0.15) is 13.2 Å². The van der Waals surface area contributed by atoms with Crippen molar-refractivity contribution >= 4 is 17.9 Å². The number of unbranched alkanes of at least 4 members (excludes halogenated alkanes) is 13. The van der Waals surface area contributed by atoms with Gasteiger partial charge in [0.25, 0.3) is 0 Å². The first-order valence-electron chi connectivity index (χ1n) is 21.4. The van der Waals surface area contributed by atoms with E-state index in [1.807, 2.05) is 21.1 Å². The lowest BCUT2D eigenvalue weighted by Crippen LogP contribution is -2.44. The van der Waals surface area contributed by atoms with Gasteiger partial charge in [0.15, 0.2) is 12.4 Å². The molecule has 0 N–H and O–H groups in total. The molecule has 0 saturated carbocycles. The van der Waals surface area contributed by atoms with Crippen LogP contribution in [0.4, 0.5) is 0 Å². The van der Waals surface area contributed by atoms with Crippen LogP contribution in [0.15, 0.2) is 60.8 Å². The molecule has 2 atom stereocenters. The Morgan fingerprint density at radius 1 is 0.564 bits per heavy atom. The highest BCUT2D eigenvalue weighted by molar-refractivity contribution is 5.70. The van der Waals surface area contributed by atoms with E-state index in [9.17, 15) is 19.5 Å². The molecule has 0 spiro atoms. The number of nitrogens with zero attached hydrogens (tertiary/aromatic N) is 1. The number of aliphatic carboxylic acids is 1. The third-order valence-electron chi connectivity index (χ3n) is 8.78. The summed E-state index contributed by atoms with van der Waals surface area (Å²) in [5.41, 5.74) is 0. The van der Waals surface area contributed by atoms with Crippen LogP contribution in [0.1, 0.15) is 155 Å². The fourth-order valence-electron chi connectivity index (χ4n) is 5.45. The monoisotopic (exact) mass is 774 g/mol. The minimum Gasteiger partial charge on any atom is -0.545 e. The first-order valence-corrected chi connectivity index (χ1v) is 21.4. The molecule has 1 unspecified atom stereocenters. The zero-order valence-corrected chi connectivity index (χ0v) is 35.5. The van der Waals surface area contributed by atoms with Crippen molar-refractivity contribution < 1.29 is 42.9 Å². The summed E-state index contributed by atoms with van der Waals surface area (Å²) in [7, 11) is 5.88. The van der Waals surface area contributed by atoms with Crippen LogP contribution >= 0.6 is 0 Å². The number of likely N-dealkylation sites (N-methyl/N-ethyl adjacent to an activating group) is 1. The maximum absolute atomic E-state index is 12.7. The number of rotatable bonds is 38. The summed E-state index contributed by atoms with van der Waals surface area (Å²) in [6.45, 7) is 4.54. The second-order valence-corrected chi connectivity index (χ2v) is 15.3.